The molecule has 1 aromatic carbocycles. The molecule has 1 fully saturated rings. The number of hydrogen-bond donors (Lipinski definition) is 1. The van der Waals surface area contributed by atoms with Crippen LogP contribution in [0.3, 0.4) is 0 Å². The molecule has 1 amide bonds. The first-order chi connectivity index (χ1) is 9.91. The third kappa shape index (κ3) is 4.14. The average molecular weight is 297 g/mol. The van der Waals surface area contributed by atoms with Gasteiger partial charge in [0.1, 0.15) is 0 Å². The summed E-state index contributed by atoms with van der Waals surface area (Å²) in [5.41, 5.74) is 1.71. The second kappa shape index (κ2) is 6.39. The highest BCUT2D eigenvalue weighted by atomic mass is 19.3. The lowest BCUT2D eigenvalue weighted by Crippen LogP contribution is -2.45. The Kier molecular flexibility index (Phi) is 4.77. The number of likely N-dealkylation sites (tertiary alicyclic amines) is 1. The van der Waals surface area contributed by atoms with Gasteiger partial charge in [0, 0.05) is 51.4 Å². The number of anilines is 2. The zero-order valence-electron chi connectivity index (χ0n) is 12.4. The SMILES string of the molecule is CNc1cccc(N(C)C(=O)CN2CCC(F)(F)CC2)c1. The van der Waals surface area contributed by atoms with E-state index in [1.54, 1.807) is 16.8 Å². The van der Waals surface area contributed by atoms with Crippen LogP contribution >= 0.6 is 0 Å². The first kappa shape index (κ1) is 15.7. The van der Waals surface area contributed by atoms with E-state index < -0.39 is 5.92 Å². The molecule has 1 N–H and O–H groups in total. The van der Waals surface area contributed by atoms with Gasteiger partial charge in [-0.1, -0.05) is 6.07 Å². The van der Waals surface area contributed by atoms with E-state index in [2.05, 4.69) is 5.32 Å². The van der Waals surface area contributed by atoms with Crippen molar-refractivity contribution in [2.24, 2.45) is 0 Å². The van der Waals surface area contributed by atoms with Crippen LogP contribution in [0, 0.1) is 0 Å². The topological polar surface area (TPSA) is 35.6 Å². The van der Waals surface area contributed by atoms with Crippen molar-refractivity contribution >= 4 is 17.3 Å². The molecule has 21 heavy (non-hydrogen) atoms. The summed E-state index contributed by atoms with van der Waals surface area (Å²) in [7, 11) is 3.52. The van der Waals surface area contributed by atoms with E-state index >= 15 is 0 Å². The van der Waals surface area contributed by atoms with Crippen molar-refractivity contribution in [2.75, 3.05) is 43.9 Å². The molecule has 2 rings (SSSR count). The van der Waals surface area contributed by atoms with Crippen molar-refractivity contribution in [3.63, 3.8) is 0 Å². The van der Waals surface area contributed by atoms with Gasteiger partial charge in [0.05, 0.1) is 6.54 Å². The molecule has 1 aliphatic rings. The van der Waals surface area contributed by atoms with E-state index in [9.17, 15) is 13.6 Å². The molecule has 116 valence electrons. The summed E-state index contributed by atoms with van der Waals surface area (Å²) in [5.74, 6) is -2.67. The molecule has 6 heteroatoms. The number of amides is 1. The van der Waals surface area contributed by atoms with Crippen LogP contribution in [-0.2, 0) is 4.79 Å². The fraction of sp³-hybridized carbons (Fsp3) is 0.533. The average Bonchev–Trinajstić information content (AvgIpc) is 2.48. The second-order valence-corrected chi connectivity index (χ2v) is 5.39. The molecule has 4 nitrogen and oxygen atoms in total. The lowest BCUT2D eigenvalue weighted by molar-refractivity contribution is -0.121. The summed E-state index contributed by atoms with van der Waals surface area (Å²) < 4.78 is 26.2. The van der Waals surface area contributed by atoms with Gasteiger partial charge in [-0.15, -0.1) is 0 Å². The first-order valence-corrected chi connectivity index (χ1v) is 7.06. The van der Waals surface area contributed by atoms with Gasteiger partial charge in [0.15, 0.2) is 0 Å². The highest BCUT2D eigenvalue weighted by Gasteiger charge is 2.34. The third-order valence-electron chi connectivity index (χ3n) is 3.84. The lowest BCUT2D eigenvalue weighted by Gasteiger charge is -2.32. The summed E-state index contributed by atoms with van der Waals surface area (Å²) in [5, 5.41) is 3.02. The maximum atomic E-state index is 13.1. The Hall–Kier alpha value is -1.69. The lowest BCUT2D eigenvalue weighted by atomic mass is 10.1. The van der Waals surface area contributed by atoms with Crippen LogP contribution in [-0.4, -0.2) is 50.5 Å². The highest BCUT2D eigenvalue weighted by molar-refractivity contribution is 5.94. The Bertz CT molecular complexity index is 497. The number of carbonyl (C=O) groups excluding carboxylic acids is 1. The summed E-state index contributed by atoms with van der Waals surface area (Å²) in [6.07, 6.45) is -0.335. The molecule has 0 spiro atoms. The Labute approximate surface area is 123 Å². The normalized spacial score (nSPS) is 18.3. The number of halogens is 2. The second-order valence-electron chi connectivity index (χ2n) is 5.39. The van der Waals surface area contributed by atoms with Crippen LogP contribution in [0.15, 0.2) is 24.3 Å². The first-order valence-electron chi connectivity index (χ1n) is 7.06. The quantitative estimate of drug-likeness (QED) is 0.927. The molecule has 0 aliphatic carbocycles. The molecule has 1 heterocycles. The Morgan fingerprint density at radius 2 is 2.05 bits per heavy atom. The Morgan fingerprint density at radius 3 is 2.67 bits per heavy atom. The Morgan fingerprint density at radius 1 is 1.38 bits per heavy atom. The number of alkyl halides is 2. The fourth-order valence-corrected chi connectivity index (χ4v) is 2.35. The third-order valence-corrected chi connectivity index (χ3v) is 3.84. The fourth-order valence-electron chi connectivity index (χ4n) is 2.35. The number of nitrogens with zero attached hydrogens (tertiary/aromatic N) is 2. The van der Waals surface area contributed by atoms with Gasteiger partial charge in [-0.2, -0.15) is 0 Å². The van der Waals surface area contributed by atoms with Crippen molar-refractivity contribution in [3.8, 4) is 0 Å². The molecule has 0 unspecified atom stereocenters. The molecular formula is C15H21F2N3O. The van der Waals surface area contributed by atoms with E-state index in [0.717, 1.165) is 11.4 Å². The van der Waals surface area contributed by atoms with E-state index in [1.807, 2.05) is 31.3 Å². The largest absolute Gasteiger partial charge is 0.388 e. The molecule has 0 atom stereocenters. The van der Waals surface area contributed by atoms with E-state index in [4.69, 9.17) is 0 Å². The highest BCUT2D eigenvalue weighted by Crippen LogP contribution is 2.27. The minimum Gasteiger partial charge on any atom is -0.388 e. The zero-order chi connectivity index (χ0) is 15.5. The van der Waals surface area contributed by atoms with Crippen molar-refractivity contribution in [3.05, 3.63) is 24.3 Å². The van der Waals surface area contributed by atoms with Gasteiger partial charge in [-0.3, -0.25) is 9.69 Å². The van der Waals surface area contributed by atoms with E-state index in [-0.39, 0.29) is 38.4 Å². The maximum Gasteiger partial charge on any atom is 0.250 e. The van der Waals surface area contributed by atoms with Crippen LogP contribution in [0.2, 0.25) is 0 Å². The zero-order valence-corrected chi connectivity index (χ0v) is 12.4. The summed E-state index contributed by atoms with van der Waals surface area (Å²) >= 11 is 0. The predicted molar refractivity (Wildman–Crippen MR) is 80.0 cm³/mol. The molecular weight excluding hydrogens is 276 g/mol. The predicted octanol–water partition coefficient (Wildman–Crippen LogP) is 2.42. The monoisotopic (exact) mass is 297 g/mol. The molecule has 1 aromatic rings. The van der Waals surface area contributed by atoms with Gasteiger partial charge in [-0.05, 0) is 18.2 Å². The Balaban J connectivity index is 1.93. The van der Waals surface area contributed by atoms with Crippen LogP contribution in [0.4, 0.5) is 20.2 Å². The standard InChI is InChI=1S/C15H21F2N3O/c1-18-12-4-3-5-13(10-12)19(2)14(21)11-20-8-6-15(16,17)7-9-20/h3-5,10,18H,6-9,11H2,1-2H3. The smallest absolute Gasteiger partial charge is 0.250 e. The maximum absolute atomic E-state index is 13.1. The minimum atomic E-state index is -2.58. The minimum absolute atomic E-state index is 0.0894. The van der Waals surface area contributed by atoms with E-state index in [0.29, 0.717) is 0 Å². The van der Waals surface area contributed by atoms with Gasteiger partial charge >= 0.3 is 0 Å². The summed E-state index contributed by atoms with van der Waals surface area (Å²) in [6, 6.07) is 7.51. The number of rotatable bonds is 4. The van der Waals surface area contributed by atoms with E-state index in [1.165, 1.54) is 0 Å². The van der Waals surface area contributed by atoms with Crippen molar-refractivity contribution in [1.29, 1.82) is 0 Å². The van der Waals surface area contributed by atoms with Crippen molar-refractivity contribution in [2.45, 2.75) is 18.8 Å². The summed E-state index contributed by atoms with van der Waals surface area (Å²) in [6.45, 7) is 0.711. The van der Waals surface area contributed by atoms with Crippen molar-refractivity contribution in [1.82, 2.24) is 4.90 Å². The van der Waals surface area contributed by atoms with Crippen LogP contribution in [0.1, 0.15) is 12.8 Å². The number of hydrogen-bond acceptors (Lipinski definition) is 3. The molecule has 1 aliphatic heterocycles. The number of carbonyl (C=O) groups is 1. The van der Waals surface area contributed by atoms with Crippen LogP contribution in [0.5, 0.6) is 0 Å². The summed E-state index contributed by atoms with van der Waals surface area (Å²) in [4.78, 5) is 15.6. The van der Waals surface area contributed by atoms with Gasteiger partial charge in [0.2, 0.25) is 5.91 Å². The van der Waals surface area contributed by atoms with Crippen molar-refractivity contribution < 1.29 is 13.6 Å². The molecule has 1 saturated heterocycles. The van der Waals surface area contributed by atoms with Gasteiger partial charge in [0.25, 0.3) is 5.92 Å². The number of piperidine rings is 1. The van der Waals surface area contributed by atoms with Gasteiger partial charge in [-0.25, -0.2) is 8.78 Å². The number of nitrogens with one attached hydrogen (secondary N) is 1. The molecule has 0 bridgehead atoms. The number of likely N-dealkylation sites (N-methyl/N-ethyl adjacent to an activating group) is 1. The van der Waals surface area contributed by atoms with Gasteiger partial charge < -0.3 is 10.2 Å². The van der Waals surface area contributed by atoms with Crippen LogP contribution in [0.25, 0.3) is 0 Å². The molecule has 0 aromatic heterocycles. The molecule has 0 saturated carbocycles. The molecule has 0 radical (unpaired) electrons. The number of benzene rings is 1. The van der Waals surface area contributed by atoms with Crippen LogP contribution < -0.4 is 10.2 Å².